The van der Waals surface area contributed by atoms with Crippen LogP contribution in [-0.2, 0) is 9.59 Å². The van der Waals surface area contributed by atoms with Crippen molar-refractivity contribution in [2.45, 2.75) is 39.0 Å². The molecule has 0 aromatic heterocycles. The van der Waals surface area contributed by atoms with Gasteiger partial charge in [0.25, 0.3) is 0 Å². The molecule has 0 aliphatic heterocycles. The Bertz CT molecular complexity index is 568. The molecule has 2 amide bonds. The van der Waals surface area contributed by atoms with Crippen LogP contribution in [0.15, 0.2) is 24.3 Å². The average Bonchev–Trinajstić information content (AvgIpc) is 2.47. The molecule has 0 heterocycles. The zero-order valence-corrected chi connectivity index (χ0v) is 13.5. The first-order valence-corrected chi connectivity index (χ1v) is 7.95. The van der Waals surface area contributed by atoms with Crippen LogP contribution in [0.5, 0.6) is 0 Å². The van der Waals surface area contributed by atoms with Gasteiger partial charge in [-0.05, 0) is 43.3 Å². The van der Waals surface area contributed by atoms with Crippen LogP contribution in [-0.4, -0.2) is 16.9 Å². The lowest BCUT2D eigenvalue weighted by Gasteiger charge is -2.21. The smallest absolute Gasteiger partial charge is 0.229 e. The summed E-state index contributed by atoms with van der Waals surface area (Å²) < 4.78 is 0. The van der Waals surface area contributed by atoms with E-state index >= 15 is 0 Å². The van der Waals surface area contributed by atoms with Crippen LogP contribution in [0, 0.1) is 5.92 Å². The van der Waals surface area contributed by atoms with E-state index in [0.717, 1.165) is 31.4 Å². The zero-order valence-electron chi connectivity index (χ0n) is 12.6. The third-order valence-corrected chi connectivity index (χ3v) is 3.86. The van der Waals surface area contributed by atoms with Crippen molar-refractivity contribution in [2.75, 3.05) is 10.6 Å². The SMILES string of the molecule is CC(=O)Nc1cccc(NC(=S)NC(=O)C2CCCCC2)c1. The molecule has 1 aliphatic rings. The molecule has 0 bridgehead atoms. The van der Waals surface area contributed by atoms with Crippen molar-refractivity contribution in [1.29, 1.82) is 0 Å². The molecule has 1 aliphatic carbocycles. The van der Waals surface area contributed by atoms with E-state index < -0.39 is 0 Å². The van der Waals surface area contributed by atoms with Crippen molar-refractivity contribution >= 4 is 40.5 Å². The molecular formula is C16H21N3O2S. The third-order valence-electron chi connectivity index (χ3n) is 3.65. The summed E-state index contributed by atoms with van der Waals surface area (Å²) in [6, 6.07) is 7.18. The second-order valence-corrected chi connectivity index (χ2v) is 5.95. The van der Waals surface area contributed by atoms with Gasteiger partial charge in [0.05, 0.1) is 0 Å². The molecule has 0 saturated heterocycles. The lowest BCUT2D eigenvalue weighted by atomic mass is 9.89. The molecule has 2 rings (SSSR count). The Morgan fingerprint density at radius 2 is 1.73 bits per heavy atom. The maximum absolute atomic E-state index is 12.1. The highest BCUT2D eigenvalue weighted by Gasteiger charge is 2.21. The highest BCUT2D eigenvalue weighted by Crippen LogP contribution is 2.23. The molecule has 1 fully saturated rings. The number of rotatable bonds is 3. The first kappa shape index (κ1) is 16.4. The number of carbonyl (C=O) groups is 2. The summed E-state index contributed by atoms with van der Waals surface area (Å²) in [5.41, 5.74) is 1.40. The quantitative estimate of drug-likeness (QED) is 0.749. The molecule has 1 saturated carbocycles. The molecule has 0 radical (unpaired) electrons. The van der Waals surface area contributed by atoms with Crippen LogP contribution in [0.1, 0.15) is 39.0 Å². The van der Waals surface area contributed by atoms with E-state index in [4.69, 9.17) is 12.2 Å². The molecule has 6 heteroatoms. The number of carbonyl (C=O) groups excluding carboxylic acids is 2. The van der Waals surface area contributed by atoms with Gasteiger partial charge in [0.1, 0.15) is 0 Å². The van der Waals surface area contributed by atoms with Gasteiger partial charge in [-0.1, -0.05) is 25.3 Å². The maximum atomic E-state index is 12.1. The minimum Gasteiger partial charge on any atom is -0.332 e. The Morgan fingerprint density at radius 1 is 1.09 bits per heavy atom. The van der Waals surface area contributed by atoms with E-state index in [1.807, 2.05) is 6.07 Å². The van der Waals surface area contributed by atoms with E-state index in [1.165, 1.54) is 13.3 Å². The van der Waals surface area contributed by atoms with Gasteiger partial charge in [0.15, 0.2) is 5.11 Å². The summed E-state index contributed by atoms with van der Waals surface area (Å²) in [5, 5.41) is 8.72. The monoisotopic (exact) mass is 319 g/mol. The summed E-state index contributed by atoms with van der Waals surface area (Å²) in [5.74, 6) is -0.0697. The second kappa shape index (κ2) is 7.89. The normalized spacial score (nSPS) is 15.0. The van der Waals surface area contributed by atoms with Gasteiger partial charge in [0.2, 0.25) is 11.8 Å². The lowest BCUT2D eigenvalue weighted by molar-refractivity contribution is -0.124. The summed E-state index contributed by atoms with van der Waals surface area (Å²) in [4.78, 5) is 23.2. The van der Waals surface area contributed by atoms with Crippen LogP contribution in [0.25, 0.3) is 0 Å². The van der Waals surface area contributed by atoms with Gasteiger partial charge < -0.3 is 16.0 Å². The number of hydrogen-bond acceptors (Lipinski definition) is 3. The number of nitrogens with one attached hydrogen (secondary N) is 3. The van der Waals surface area contributed by atoms with Crippen LogP contribution in [0.3, 0.4) is 0 Å². The fraction of sp³-hybridized carbons (Fsp3) is 0.438. The number of benzene rings is 1. The molecule has 5 nitrogen and oxygen atoms in total. The third kappa shape index (κ3) is 5.11. The molecule has 22 heavy (non-hydrogen) atoms. The summed E-state index contributed by atoms with van der Waals surface area (Å²) >= 11 is 5.18. The molecule has 0 unspecified atom stereocenters. The lowest BCUT2D eigenvalue weighted by Crippen LogP contribution is -2.39. The van der Waals surface area contributed by atoms with Gasteiger partial charge in [0, 0.05) is 24.2 Å². The van der Waals surface area contributed by atoms with Gasteiger partial charge >= 0.3 is 0 Å². The van der Waals surface area contributed by atoms with Crippen LogP contribution in [0.2, 0.25) is 0 Å². The van der Waals surface area contributed by atoms with Crippen molar-refractivity contribution in [2.24, 2.45) is 5.92 Å². The Labute approximate surface area is 135 Å². The maximum Gasteiger partial charge on any atom is 0.229 e. The number of hydrogen-bond donors (Lipinski definition) is 3. The number of amides is 2. The molecule has 0 atom stereocenters. The standard InChI is InChI=1S/C16H21N3O2S/c1-11(20)17-13-8-5-9-14(10-13)18-16(22)19-15(21)12-6-3-2-4-7-12/h5,8-10,12H,2-4,6-7H2,1H3,(H,17,20)(H2,18,19,21,22). The topological polar surface area (TPSA) is 70.2 Å². The Balaban J connectivity index is 1.88. The van der Waals surface area contributed by atoms with Crippen molar-refractivity contribution < 1.29 is 9.59 Å². The van der Waals surface area contributed by atoms with Gasteiger partial charge in [-0.2, -0.15) is 0 Å². The number of anilines is 2. The van der Waals surface area contributed by atoms with Crippen LogP contribution >= 0.6 is 12.2 Å². The Kier molecular flexibility index (Phi) is 5.89. The molecule has 0 spiro atoms. The summed E-state index contributed by atoms with van der Waals surface area (Å²) in [7, 11) is 0. The minimum absolute atomic E-state index is 0.00443. The van der Waals surface area contributed by atoms with Crippen molar-refractivity contribution in [3.8, 4) is 0 Å². The van der Waals surface area contributed by atoms with Crippen molar-refractivity contribution in [3.05, 3.63) is 24.3 Å². The van der Waals surface area contributed by atoms with Gasteiger partial charge in [-0.15, -0.1) is 0 Å². The predicted octanol–water partition coefficient (Wildman–Crippen LogP) is 3.04. The van der Waals surface area contributed by atoms with E-state index in [2.05, 4.69) is 16.0 Å². The fourth-order valence-electron chi connectivity index (χ4n) is 2.62. The van der Waals surface area contributed by atoms with Gasteiger partial charge in [-0.3, -0.25) is 9.59 Å². The zero-order chi connectivity index (χ0) is 15.9. The molecule has 1 aromatic carbocycles. The predicted molar refractivity (Wildman–Crippen MR) is 91.7 cm³/mol. The highest BCUT2D eigenvalue weighted by molar-refractivity contribution is 7.80. The molecule has 118 valence electrons. The Morgan fingerprint density at radius 3 is 2.36 bits per heavy atom. The van der Waals surface area contributed by atoms with E-state index in [0.29, 0.717) is 5.69 Å². The Hall–Kier alpha value is -1.95. The van der Waals surface area contributed by atoms with Gasteiger partial charge in [-0.25, -0.2) is 0 Å². The second-order valence-electron chi connectivity index (χ2n) is 5.54. The van der Waals surface area contributed by atoms with E-state index in [9.17, 15) is 9.59 Å². The fourth-order valence-corrected chi connectivity index (χ4v) is 2.84. The molecular weight excluding hydrogens is 298 g/mol. The van der Waals surface area contributed by atoms with E-state index in [1.54, 1.807) is 18.2 Å². The molecule has 3 N–H and O–H groups in total. The van der Waals surface area contributed by atoms with E-state index in [-0.39, 0.29) is 22.8 Å². The minimum atomic E-state index is -0.134. The summed E-state index contributed by atoms with van der Waals surface area (Å²) in [6.07, 6.45) is 5.30. The highest BCUT2D eigenvalue weighted by atomic mass is 32.1. The molecule has 1 aromatic rings. The van der Waals surface area contributed by atoms with Crippen molar-refractivity contribution in [1.82, 2.24) is 5.32 Å². The van der Waals surface area contributed by atoms with Crippen molar-refractivity contribution in [3.63, 3.8) is 0 Å². The van der Waals surface area contributed by atoms with Crippen LogP contribution < -0.4 is 16.0 Å². The number of thiocarbonyl (C=S) groups is 1. The summed E-state index contributed by atoms with van der Waals surface area (Å²) in [6.45, 7) is 1.45. The largest absolute Gasteiger partial charge is 0.332 e. The van der Waals surface area contributed by atoms with Crippen LogP contribution in [0.4, 0.5) is 11.4 Å². The first-order chi connectivity index (χ1) is 10.5. The first-order valence-electron chi connectivity index (χ1n) is 7.54. The average molecular weight is 319 g/mol.